The van der Waals surface area contributed by atoms with Crippen LogP contribution in [0, 0.1) is 37.0 Å². The molecule has 0 aliphatic heterocycles. The van der Waals surface area contributed by atoms with Crippen LogP contribution in [-0.2, 0) is 0 Å². The van der Waals surface area contributed by atoms with E-state index in [-0.39, 0.29) is 0 Å². The van der Waals surface area contributed by atoms with Gasteiger partial charge < -0.3 is 5.32 Å². The molecule has 1 aliphatic rings. The standard InChI is InChI=1S/C13H18N4/c1-8(11-4-5-11)7-15-13-12(6-14)9(2)10(3)16-17-13/h8,11H,4-5,7H2,1-3H3,(H,15,17). The summed E-state index contributed by atoms with van der Waals surface area (Å²) in [7, 11) is 0. The van der Waals surface area contributed by atoms with E-state index < -0.39 is 0 Å². The first-order valence-corrected chi connectivity index (χ1v) is 6.11. The second kappa shape index (κ2) is 4.70. The van der Waals surface area contributed by atoms with Crippen molar-refractivity contribution in [2.45, 2.75) is 33.6 Å². The summed E-state index contributed by atoms with van der Waals surface area (Å²) in [6.07, 6.45) is 2.68. The number of rotatable bonds is 4. The van der Waals surface area contributed by atoms with E-state index in [2.05, 4.69) is 28.5 Å². The molecule has 4 heteroatoms. The zero-order valence-corrected chi connectivity index (χ0v) is 10.6. The number of anilines is 1. The lowest BCUT2D eigenvalue weighted by molar-refractivity contribution is 0.535. The van der Waals surface area contributed by atoms with Crippen molar-refractivity contribution in [3.63, 3.8) is 0 Å². The highest BCUT2D eigenvalue weighted by atomic mass is 15.2. The zero-order valence-electron chi connectivity index (χ0n) is 10.6. The smallest absolute Gasteiger partial charge is 0.166 e. The van der Waals surface area contributed by atoms with Crippen molar-refractivity contribution in [2.24, 2.45) is 11.8 Å². The predicted octanol–water partition coefficient (Wildman–Crippen LogP) is 2.42. The Balaban J connectivity index is 2.10. The summed E-state index contributed by atoms with van der Waals surface area (Å²) in [5, 5.41) is 20.5. The number of nitrogens with zero attached hydrogens (tertiary/aromatic N) is 3. The number of nitriles is 1. The summed E-state index contributed by atoms with van der Waals surface area (Å²) in [6, 6.07) is 2.21. The molecule has 1 unspecified atom stereocenters. The van der Waals surface area contributed by atoms with Crippen LogP contribution in [-0.4, -0.2) is 16.7 Å². The molecular formula is C13H18N4. The molecule has 90 valence electrons. The summed E-state index contributed by atoms with van der Waals surface area (Å²) in [5.41, 5.74) is 2.37. The van der Waals surface area contributed by atoms with Crippen LogP contribution in [0.4, 0.5) is 5.82 Å². The van der Waals surface area contributed by atoms with E-state index in [1.807, 2.05) is 13.8 Å². The Morgan fingerprint density at radius 3 is 2.71 bits per heavy atom. The van der Waals surface area contributed by atoms with Gasteiger partial charge in [0.05, 0.1) is 5.69 Å². The van der Waals surface area contributed by atoms with Crippen LogP contribution in [0.25, 0.3) is 0 Å². The third-order valence-electron chi connectivity index (χ3n) is 3.58. The van der Waals surface area contributed by atoms with Crippen molar-refractivity contribution >= 4 is 5.82 Å². The molecule has 1 fully saturated rings. The van der Waals surface area contributed by atoms with Gasteiger partial charge in [0.15, 0.2) is 5.82 Å². The van der Waals surface area contributed by atoms with Gasteiger partial charge in [0.1, 0.15) is 11.6 Å². The fraction of sp³-hybridized carbons (Fsp3) is 0.615. The van der Waals surface area contributed by atoms with Crippen LogP contribution in [0.2, 0.25) is 0 Å². The van der Waals surface area contributed by atoms with Gasteiger partial charge >= 0.3 is 0 Å². The van der Waals surface area contributed by atoms with E-state index >= 15 is 0 Å². The molecule has 0 amide bonds. The van der Waals surface area contributed by atoms with Gasteiger partial charge in [-0.15, -0.1) is 5.10 Å². The fourth-order valence-electron chi connectivity index (χ4n) is 1.96. The minimum Gasteiger partial charge on any atom is -0.367 e. The summed E-state index contributed by atoms with van der Waals surface area (Å²) >= 11 is 0. The number of hydrogen-bond donors (Lipinski definition) is 1. The zero-order chi connectivity index (χ0) is 12.4. The molecule has 1 saturated carbocycles. The monoisotopic (exact) mass is 230 g/mol. The van der Waals surface area contributed by atoms with Gasteiger partial charge in [-0.1, -0.05) is 6.92 Å². The third-order valence-corrected chi connectivity index (χ3v) is 3.58. The Hall–Kier alpha value is -1.63. The van der Waals surface area contributed by atoms with Crippen LogP contribution in [0.15, 0.2) is 0 Å². The number of aromatic nitrogens is 2. The van der Waals surface area contributed by atoms with Crippen molar-refractivity contribution in [1.29, 1.82) is 5.26 Å². The van der Waals surface area contributed by atoms with E-state index in [0.29, 0.717) is 17.3 Å². The Kier molecular flexibility index (Phi) is 3.28. The van der Waals surface area contributed by atoms with Gasteiger partial charge in [-0.05, 0) is 44.1 Å². The molecule has 0 aromatic carbocycles. The van der Waals surface area contributed by atoms with Gasteiger partial charge in [-0.2, -0.15) is 10.4 Å². The highest BCUT2D eigenvalue weighted by Gasteiger charge is 2.27. The van der Waals surface area contributed by atoms with Gasteiger partial charge in [0, 0.05) is 6.54 Å². The van der Waals surface area contributed by atoms with E-state index in [1.165, 1.54) is 12.8 Å². The van der Waals surface area contributed by atoms with Crippen LogP contribution in [0.3, 0.4) is 0 Å². The molecule has 0 bridgehead atoms. The maximum absolute atomic E-state index is 9.15. The number of nitrogens with one attached hydrogen (secondary N) is 1. The van der Waals surface area contributed by atoms with E-state index in [4.69, 9.17) is 5.26 Å². The van der Waals surface area contributed by atoms with Crippen molar-refractivity contribution in [1.82, 2.24) is 10.2 Å². The van der Waals surface area contributed by atoms with E-state index in [1.54, 1.807) is 0 Å². The highest BCUT2D eigenvalue weighted by Crippen LogP contribution is 2.36. The lowest BCUT2D eigenvalue weighted by atomic mass is 10.1. The third kappa shape index (κ3) is 2.55. The molecule has 1 aliphatic carbocycles. The topological polar surface area (TPSA) is 61.6 Å². The summed E-state index contributed by atoms with van der Waals surface area (Å²) < 4.78 is 0. The van der Waals surface area contributed by atoms with Gasteiger partial charge in [0.25, 0.3) is 0 Å². The first kappa shape index (κ1) is 11.8. The maximum atomic E-state index is 9.15. The average Bonchev–Trinajstić information content (AvgIpc) is 3.14. The summed E-state index contributed by atoms with van der Waals surface area (Å²) in [5.74, 6) is 2.13. The lowest BCUT2D eigenvalue weighted by Crippen LogP contribution is -2.15. The van der Waals surface area contributed by atoms with Crippen molar-refractivity contribution in [3.05, 3.63) is 16.8 Å². The molecule has 1 aromatic rings. The lowest BCUT2D eigenvalue weighted by Gasteiger charge is -2.13. The maximum Gasteiger partial charge on any atom is 0.166 e. The average molecular weight is 230 g/mol. The minimum absolute atomic E-state index is 0.625. The Morgan fingerprint density at radius 1 is 1.41 bits per heavy atom. The molecular weight excluding hydrogens is 212 g/mol. The predicted molar refractivity (Wildman–Crippen MR) is 66.6 cm³/mol. The first-order valence-electron chi connectivity index (χ1n) is 6.11. The molecule has 2 rings (SSSR count). The molecule has 17 heavy (non-hydrogen) atoms. The molecule has 4 nitrogen and oxygen atoms in total. The van der Waals surface area contributed by atoms with E-state index in [0.717, 1.165) is 23.7 Å². The van der Waals surface area contributed by atoms with Crippen LogP contribution >= 0.6 is 0 Å². The van der Waals surface area contributed by atoms with Crippen LogP contribution in [0.1, 0.15) is 36.6 Å². The van der Waals surface area contributed by atoms with Gasteiger partial charge in [-0.25, -0.2) is 0 Å². The van der Waals surface area contributed by atoms with Crippen LogP contribution in [0.5, 0.6) is 0 Å². The fourth-order valence-corrected chi connectivity index (χ4v) is 1.96. The Morgan fingerprint density at radius 2 is 2.12 bits per heavy atom. The molecule has 1 N–H and O–H groups in total. The van der Waals surface area contributed by atoms with Gasteiger partial charge in [0.2, 0.25) is 0 Å². The quantitative estimate of drug-likeness (QED) is 0.862. The SMILES string of the molecule is Cc1nnc(NCC(C)C2CC2)c(C#N)c1C. The second-order valence-corrected chi connectivity index (χ2v) is 4.94. The van der Waals surface area contributed by atoms with Crippen molar-refractivity contribution in [3.8, 4) is 6.07 Å². The Labute approximate surface area is 102 Å². The summed E-state index contributed by atoms with van der Waals surface area (Å²) in [6.45, 7) is 6.90. The molecule has 0 spiro atoms. The van der Waals surface area contributed by atoms with E-state index in [9.17, 15) is 0 Å². The van der Waals surface area contributed by atoms with Crippen molar-refractivity contribution < 1.29 is 0 Å². The molecule has 1 heterocycles. The van der Waals surface area contributed by atoms with Crippen molar-refractivity contribution in [2.75, 3.05) is 11.9 Å². The van der Waals surface area contributed by atoms with Crippen LogP contribution < -0.4 is 5.32 Å². The molecule has 0 radical (unpaired) electrons. The second-order valence-electron chi connectivity index (χ2n) is 4.94. The largest absolute Gasteiger partial charge is 0.367 e. The molecule has 0 saturated heterocycles. The molecule has 1 atom stereocenters. The molecule has 1 aromatic heterocycles. The minimum atomic E-state index is 0.625. The summed E-state index contributed by atoms with van der Waals surface area (Å²) in [4.78, 5) is 0. The first-order chi connectivity index (χ1) is 8.13. The number of hydrogen-bond acceptors (Lipinski definition) is 4. The Bertz CT molecular complexity index is 457. The number of aryl methyl sites for hydroxylation is 1. The normalized spacial score (nSPS) is 16.4. The van der Waals surface area contributed by atoms with Gasteiger partial charge in [-0.3, -0.25) is 0 Å². The highest BCUT2D eigenvalue weighted by molar-refractivity contribution is 5.55.